The fourth-order valence-electron chi connectivity index (χ4n) is 10.9. The van der Waals surface area contributed by atoms with E-state index in [-0.39, 0.29) is 10.8 Å². The molecule has 0 radical (unpaired) electrons. The Morgan fingerprint density at radius 2 is 0.855 bits per heavy atom. The minimum absolute atomic E-state index is 0.0284. The molecule has 62 heavy (non-hydrogen) atoms. The number of para-hydroxylation sites is 3. The van der Waals surface area contributed by atoms with Crippen LogP contribution in [-0.2, 0) is 10.8 Å². The van der Waals surface area contributed by atoms with Crippen molar-refractivity contribution < 1.29 is 4.42 Å². The van der Waals surface area contributed by atoms with Crippen molar-refractivity contribution in [2.24, 2.45) is 0 Å². The zero-order valence-electron chi connectivity index (χ0n) is 35.4. The van der Waals surface area contributed by atoms with Gasteiger partial charge in [-0.25, -0.2) is 0 Å². The molecule has 2 nitrogen and oxygen atoms in total. The summed E-state index contributed by atoms with van der Waals surface area (Å²) in [5.74, 6) is 0. The van der Waals surface area contributed by atoms with Crippen LogP contribution in [0.5, 0.6) is 0 Å². The maximum Gasteiger partial charge on any atom is 0.136 e. The molecule has 1 heterocycles. The van der Waals surface area contributed by atoms with Crippen LogP contribution >= 0.6 is 0 Å². The van der Waals surface area contributed by atoms with Gasteiger partial charge in [-0.3, -0.25) is 0 Å². The molecule has 0 atom stereocenters. The Bertz CT molecular complexity index is 3420. The molecular formula is C60H45NO. The van der Waals surface area contributed by atoms with E-state index in [1.54, 1.807) is 0 Å². The van der Waals surface area contributed by atoms with Crippen LogP contribution in [0.2, 0.25) is 0 Å². The summed E-state index contributed by atoms with van der Waals surface area (Å²) >= 11 is 0. The van der Waals surface area contributed by atoms with Crippen LogP contribution in [0.15, 0.2) is 205 Å². The minimum Gasteiger partial charge on any atom is -0.456 e. The van der Waals surface area contributed by atoms with Crippen molar-refractivity contribution in [1.82, 2.24) is 0 Å². The van der Waals surface area contributed by atoms with Crippen molar-refractivity contribution in [3.63, 3.8) is 0 Å². The number of hydrogen-bond donors (Lipinski definition) is 0. The maximum atomic E-state index is 6.45. The van der Waals surface area contributed by atoms with E-state index in [0.29, 0.717) is 0 Å². The molecule has 0 amide bonds. The van der Waals surface area contributed by atoms with Crippen LogP contribution in [0.1, 0.15) is 49.9 Å². The quantitative estimate of drug-likeness (QED) is 0.167. The highest BCUT2D eigenvalue weighted by atomic mass is 16.3. The van der Waals surface area contributed by atoms with Crippen LogP contribution in [0.4, 0.5) is 17.1 Å². The Labute approximate surface area is 363 Å². The molecule has 0 fully saturated rings. The standard InChI is InChI=1S/C60H45NO/c1-59(2)49-24-10-5-17-41(49)48-37-39(33-36-51(48)59)38-31-34-40(35-32-38)61(54-28-13-8-19-43(54)45-23-16-30-56-58(45)47-21-9-14-29-55(47)62-56)53-27-12-7-18-42(53)44-22-15-26-52-57(44)46-20-6-11-25-50(46)60(52,3)4/h5-37H,1-4H3. The number of rotatable bonds is 6. The lowest BCUT2D eigenvalue weighted by molar-refractivity contribution is 0.660. The average Bonchev–Trinajstić information content (AvgIpc) is 3.89. The van der Waals surface area contributed by atoms with Gasteiger partial charge in [0.2, 0.25) is 0 Å². The predicted molar refractivity (Wildman–Crippen MR) is 260 cm³/mol. The minimum atomic E-state index is -0.111. The number of anilines is 3. The topological polar surface area (TPSA) is 16.4 Å². The van der Waals surface area contributed by atoms with E-state index in [1.165, 1.54) is 66.8 Å². The Hall–Kier alpha value is -7.42. The second-order valence-corrected chi connectivity index (χ2v) is 18.0. The second kappa shape index (κ2) is 13.5. The molecule has 2 aliphatic rings. The smallest absolute Gasteiger partial charge is 0.136 e. The Kier molecular flexibility index (Phi) is 7.96. The van der Waals surface area contributed by atoms with Gasteiger partial charge in [0, 0.05) is 38.4 Å². The Morgan fingerprint density at radius 1 is 0.355 bits per heavy atom. The number of fused-ring (bicyclic) bond motifs is 9. The average molecular weight is 796 g/mol. The normalized spacial score (nSPS) is 14.1. The van der Waals surface area contributed by atoms with Crippen molar-refractivity contribution in [1.29, 1.82) is 0 Å². The van der Waals surface area contributed by atoms with E-state index in [1.807, 2.05) is 6.07 Å². The predicted octanol–water partition coefficient (Wildman–Crippen LogP) is 16.7. The summed E-state index contributed by atoms with van der Waals surface area (Å²) in [4.78, 5) is 2.47. The fourth-order valence-corrected chi connectivity index (χ4v) is 10.9. The summed E-state index contributed by atoms with van der Waals surface area (Å²) in [7, 11) is 0. The van der Waals surface area contributed by atoms with Crippen LogP contribution in [0.25, 0.3) is 77.6 Å². The summed E-state index contributed by atoms with van der Waals surface area (Å²) in [6, 6.07) is 73.6. The van der Waals surface area contributed by atoms with Gasteiger partial charge in [0.15, 0.2) is 0 Å². The summed E-state index contributed by atoms with van der Waals surface area (Å²) in [5, 5.41) is 2.24. The van der Waals surface area contributed by atoms with E-state index in [9.17, 15) is 0 Å². The molecule has 1 aromatic heterocycles. The summed E-state index contributed by atoms with van der Waals surface area (Å²) < 4.78 is 6.45. The van der Waals surface area contributed by atoms with Crippen molar-refractivity contribution >= 4 is 39.0 Å². The molecule has 9 aromatic carbocycles. The van der Waals surface area contributed by atoms with Gasteiger partial charge in [-0.15, -0.1) is 0 Å². The molecule has 2 aliphatic carbocycles. The molecule has 0 bridgehead atoms. The van der Waals surface area contributed by atoms with Crippen LogP contribution < -0.4 is 4.90 Å². The highest BCUT2D eigenvalue weighted by Gasteiger charge is 2.38. The first kappa shape index (κ1) is 36.4. The molecule has 2 heteroatoms. The van der Waals surface area contributed by atoms with Gasteiger partial charge in [-0.2, -0.15) is 0 Å². The number of nitrogens with zero attached hydrogens (tertiary/aromatic N) is 1. The van der Waals surface area contributed by atoms with Crippen LogP contribution in [0, 0.1) is 0 Å². The third-order valence-corrected chi connectivity index (χ3v) is 13.9. The Balaban J connectivity index is 1.07. The lowest BCUT2D eigenvalue weighted by Crippen LogP contribution is -2.15. The molecule has 0 spiro atoms. The van der Waals surface area contributed by atoms with Crippen molar-refractivity contribution in [2.45, 2.75) is 38.5 Å². The van der Waals surface area contributed by atoms with E-state index in [4.69, 9.17) is 4.42 Å². The first-order valence-corrected chi connectivity index (χ1v) is 21.8. The van der Waals surface area contributed by atoms with Gasteiger partial charge in [0.25, 0.3) is 0 Å². The number of benzene rings is 9. The van der Waals surface area contributed by atoms with Crippen molar-refractivity contribution in [3.05, 3.63) is 222 Å². The van der Waals surface area contributed by atoms with Crippen LogP contribution in [0.3, 0.4) is 0 Å². The number of furan rings is 1. The highest BCUT2D eigenvalue weighted by molar-refractivity contribution is 6.14. The maximum absolute atomic E-state index is 6.45. The van der Waals surface area contributed by atoms with Gasteiger partial charge < -0.3 is 9.32 Å². The molecular weight excluding hydrogens is 751 g/mol. The van der Waals surface area contributed by atoms with Gasteiger partial charge in [0.05, 0.1) is 11.4 Å². The molecule has 0 unspecified atom stereocenters. The van der Waals surface area contributed by atoms with E-state index >= 15 is 0 Å². The van der Waals surface area contributed by atoms with E-state index < -0.39 is 0 Å². The third kappa shape index (κ3) is 5.29. The van der Waals surface area contributed by atoms with Gasteiger partial charge in [-0.1, -0.05) is 185 Å². The largest absolute Gasteiger partial charge is 0.456 e. The second-order valence-electron chi connectivity index (χ2n) is 18.0. The van der Waals surface area contributed by atoms with Crippen molar-refractivity contribution in [3.8, 4) is 55.6 Å². The molecule has 296 valence electrons. The zero-order valence-corrected chi connectivity index (χ0v) is 35.4. The van der Waals surface area contributed by atoms with E-state index in [0.717, 1.165) is 50.1 Å². The monoisotopic (exact) mass is 795 g/mol. The Morgan fingerprint density at radius 3 is 1.61 bits per heavy atom. The highest BCUT2D eigenvalue weighted by Crippen LogP contribution is 2.55. The molecule has 12 rings (SSSR count). The van der Waals surface area contributed by atoms with Gasteiger partial charge in [-0.05, 0) is 109 Å². The summed E-state index contributed by atoms with van der Waals surface area (Å²) in [6.07, 6.45) is 0. The first-order valence-electron chi connectivity index (χ1n) is 21.8. The third-order valence-electron chi connectivity index (χ3n) is 13.9. The SMILES string of the molecule is CC1(C)c2ccccc2-c2cc(-c3ccc(N(c4ccccc4-c4cccc5c4-c4ccccc4C5(C)C)c4ccccc4-c4cccc5oc6ccccc6c45)cc3)ccc21. The lowest BCUT2D eigenvalue weighted by atomic mass is 9.82. The number of hydrogen-bond acceptors (Lipinski definition) is 2. The van der Waals surface area contributed by atoms with E-state index in [2.05, 4.69) is 227 Å². The molecule has 0 N–H and O–H groups in total. The van der Waals surface area contributed by atoms with Gasteiger partial charge in [0.1, 0.15) is 11.2 Å². The fraction of sp³-hybridized carbons (Fsp3) is 0.100. The molecule has 0 aliphatic heterocycles. The van der Waals surface area contributed by atoms with Gasteiger partial charge >= 0.3 is 0 Å². The molecule has 0 saturated heterocycles. The molecule has 0 saturated carbocycles. The first-order chi connectivity index (χ1) is 30.3. The molecule has 10 aromatic rings. The summed E-state index contributed by atoms with van der Waals surface area (Å²) in [6.45, 7) is 9.40. The van der Waals surface area contributed by atoms with Crippen molar-refractivity contribution in [2.75, 3.05) is 4.90 Å². The van der Waals surface area contributed by atoms with Crippen LogP contribution in [-0.4, -0.2) is 0 Å². The lowest BCUT2D eigenvalue weighted by Gasteiger charge is -2.30. The zero-order chi connectivity index (χ0) is 41.7. The summed E-state index contributed by atoms with van der Waals surface area (Å²) in [5.41, 5.74) is 22.8.